The lowest BCUT2D eigenvalue weighted by molar-refractivity contribution is 0.00532. The summed E-state index contributed by atoms with van der Waals surface area (Å²) in [5.74, 6) is 0.959. The number of hydrogen-bond acceptors (Lipinski definition) is 3. The van der Waals surface area contributed by atoms with Crippen molar-refractivity contribution in [1.82, 2.24) is 0 Å². The van der Waals surface area contributed by atoms with Crippen molar-refractivity contribution in [3.63, 3.8) is 0 Å². The van der Waals surface area contributed by atoms with Crippen LogP contribution in [0.3, 0.4) is 0 Å². The molecule has 0 unspecified atom stereocenters. The highest BCUT2D eigenvalue weighted by molar-refractivity contribution is 9.10. The van der Waals surface area contributed by atoms with Crippen molar-refractivity contribution in [3.05, 3.63) is 27.7 Å². The van der Waals surface area contributed by atoms with Crippen LogP contribution in [0.5, 0.6) is 5.75 Å². The summed E-state index contributed by atoms with van der Waals surface area (Å²) in [4.78, 5) is 0. The fourth-order valence-electron chi connectivity index (χ4n) is 1.85. The number of halogens is 1. The Balaban J connectivity index is 2.77. The van der Waals surface area contributed by atoms with Crippen molar-refractivity contribution >= 4 is 15.9 Å². The highest BCUT2D eigenvalue weighted by atomic mass is 79.9. The van der Waals surface area contributed by atoms with Crippen LogP contribution in [0, 0.1) is 6.92 Å². The van der Waals surface area contributed by atoms with Gasteiger partial charge in [0.05, 0.1) is 12.2 Å². The van der Waals surface area contributed by atoms with E-state index >= 15 is 0 Å². The van der Waals surface area contributed by atoms with Gasteiger partial charge in [-0.05, 0) is 57.0 Å². The SMILES string of the molecule is COC(C)(C)CCOc1c(C)cc(Br)cc1CCN. The standard InChI is InChI=1S/C15H24BrNO2/c1-11-9-13(16)10-12(5-7-17)14(11)19-8-6-15(2,3)18-4/h9-10H,5-8,17H2,1-4H3. The number of aryl methyl sites for hydroxylation is 1. The zero-order chi connectivity index (χ0) is 14.5. The Hall–Kier alpha value is -0.580. The first-order valence-corrected chi connectivity index (χ1v) is 7.36. The normalized spacial score (nSPS) is 11.7. The van der Waals surface area contributed by atoms with Crippen LogP contribution in [-0.4, -0.2) is 25.9 Å². The van der Waals surface area contributed by atoms with Gasteiger partial charge in [0, 0.05) is 18.0 Å². The molecule has 0 aliphatic heterocycles. The molecule has 0 radical (unpaired) electrons. The molecule has 1 aromatic rings. The van der Waals surface area contributed by atoms with Gasteiger partial charge in [-0.25, -0.2) is 0 Å². The Morgan fingerprint density at radius 1 is 1.32 bits per heavy atom. The van der Waals surface area contributed by atoms with Gasteiger partial charge < -0.3 is 15.2 Å². The molecule has 0 heterocycles. The van der Waals surface area contributed by atoms with Crippen LogP contribution in [0.2, 0.25) is 0 Å². The summed E-state index contributed by atoms with van der Waals surface area (Å²) in [7, 11) is 1.73. The van der Waals surface area contributed by atoms with E-state index in [0.29, 0.717) is 13.2 Å². The third-order valence-corrected chi connectivity index (χ3v) is 3.69. The van der Waals surface area contributed by atoms with Crippen LogP contribution in [0.15, 0.2) is 16.6 Å². The smallest absolute Gasteiger partial charge is 0.125 e. The molecule has 108 valence electrons. The topological polar surface area (TPSA) is 44.5 Å². The van der Waals surface area contributed by atoms with E-state index in [2.05, 4.69) is 48.8 Å². The van der Waals surface area contributed by atoms with E-state index < -0.39 is 0 Å². The molecule has 0 saturated carbocycles. The Morgan fingerprint density at radius 3 is 2.58 bits per heavy atom. The fraction of sp³-hybridized carbons (Fsp3) is 0.600. The minimum atomic E-state index is -0.155. The van der Waals surface area contributed by atoms with Crippen molar-refractivity contribution in [3.8, 4) is 5.75 Å². The molecule has 2 N–H and O–H groups in total. The van der Waals surface area contributed by atoms with Gasteiger partial charge in [0.2, 0.25) is 0 Å². The quantitative estimate of drug-likeness (QED) is 0.833. The molecule has 0 amide bonds. The molecule has 3 nitrogen and oxygen atoms in total. The van der Waals surface area contributed by atoms with Crippen molar-refractivity contribution in [2.75, 3.05) is 20.3 Å². The van der Waals surface area contributed by atoms with Crippen LogP contribution in [0.25, 0.3) is 0 Å². The summed E-state index contributed by atoms with van der Waals surface area (Å²) in [6.07, 6.45) is 1.67. The van der Waals surface area contributed by atoms with Gasteiger partial charge in [-0.15, -0.1) is 0 Å². The summed E-state index contributed by atoms with van der Waals surface area (Å²) in [5, 5.41) is 0. The second-order valence-electron chi connectivity index (χ2n) is 5.31. The zero-order valence-electron chi connectivity index (χ0n) is 12.3. The average Bonchev–Trinajstić information content (AvgIpc) is 2.33. The summed E-state index contributed by atoms with van der Waals surface area (Å²) < 4.78 is 12.4. The van der Waals surface area contributed by atoms with E-state index in [1.165, 1.54) is 0 Å². The molecule has 0 fully saturated rings. The van der Waals surface area contributed by atoms with Crippen LogP contribution in [-0.2, 0) is 11.2 Å². The van der Waals surface area contributed by atoms with Crippen molar-refractivity contribution in [1.29, 1.82) is 0 Å². The summed E-state index contributed by atoms with van der Waals surface area (Å²) in [5.41, 5.74) is 7.79. The molecule has 1 aromatic carbocycles. The van der Waals surface area contributed by atoms with Gasteiger partial charge in [0.1, 0.15) is 5.75 Å². The summed E-state index contributed by atoms with van der Waals surface area (Å²) in [6, 6.07) is 4.15. The first-order valence-electron chi connectivity index (χ1n) is 6.56. The van der Waals surface area contributed by atoms with Crippen LogP contribution in [0.1, 0.15) is 31.4 Å². The Kier molecular flexibility index (Phi) is 6.30. The second-order valence-corrected chi connectivity index (χ2v) is 6.23. The molecule has 0 aromatic heterocycles. The monoisotopic (exact) mass is 329 g/mol. The maximum Gasteiger partial charge on any atom is 0.125 e. The Morgan fingerprint density at radius 2 is 2.00 bits per heavy atom. The highest BCUT2D eigenvalue weighted by Crippen LogP contribution is 2.29. The third kappa shape index (κ3) is 5.13. The molecular weight excluding hydrogens is 306 g/mol. The number of rotatable bonds is 7. The first-order chi connectivity index (χ1) is 8.89. The Bertz CT molecular complexity index is 419. The van der Waals surface area contributed by atoms with Gasteiger partial charge in [0.15, 0.2) is 0 Å². The lowest BCUT2D eigenvalue weighted by Crippen LogP contribution is -2.25. The number of methoxy groups -OCH3 is 1. The zero-order valence-corrected chi connectivity index (χ0v) is 13.8. The average molecular weight is 330 g/mol. The summed E-state index contributed by atoms with van der Waals surface area (Å²) in [6.45, 7) is 7.44. The summed E-state index contributed by atoms with van der Waals surface area (Å²) >= 11 is 3.51. The number of nitrogens with two attached hydrogens (primary N) is 1. The maximum absolute atomic E-state index is 5.96. The van der Waals surface area contributed by atoms with Crippen molar-refractivity contribution < 1.29 is 9.47 Å². The minimum absolute atomic E-state index is 0.155. The highest BCUT2D eigenvalue weighted by Gasteiger charge is 2.17. The largest absolute Gasteiger partial charge is 0.493 e. The van der Waals surface area contributed by atoms with Crippen LogP contribution in [0.4, 0.5) is 0 Å². The molecule has 4 heteroatoms. The minimum Gasteiger partial charge on any atom is -0.493 e. The van der Waals surface area contributed by atoms with E-state index in [1.807, 2.05) is 0 Å². The number of ether oxygens (including phenoxy) is 2. The molecule has 0 saturated heterocycles. The number of benzene rings is 1. The predicted molar refractivity (Wildman–Crippen MR) is 82.8 cm³/mol. The lowest BCUT2D eigenvalue weighted by atomic mass is 10.1. The molecule has 1 rings (SSSR count). The van der Waals surface area contributed by atoms with Gasteiger partial charge in [-0.3, -0.25) is 0 Å². The van der Waals surface area contributed by atoms with E-state index in [0.717, 1.165) is 34.2 Å². The lowest BCUT2D eigenvalue weighted by Gasteiger charge is -2.23. The number of hydrogen-bond donors (Lipinski definition) is 1. The van der Waals surface area contributed by atoms with Gasteiger partial charge in [0.25, 0.3) is 0 Å². The van der Waals surface area contributed by atoms with Gasteiger partial charge in [-0.2, -0.15) is 0 Å². The van der Waals surface area contributed by atoms with Crippen molar-refractivity contribution in [2.45, 2.75) is 39.2 Å². The fourth-order valence-corrected chi connectivity index (χ4v) is 2.47. The Labute approximate surface area is 124 Å². The molecule has 0 spiro atoms. The van der Waals surface area contributed by atoms with Gasteiger partial charge in [-0.1, -0.05) is 15.9 Å². The second kappa shape index (κ2) is 7.27. The predicted octanol–water partition coefficient (Wildman–Crippen LogP) is 3.45. The molecule has 19 heavy (non-hydrogen) atoms. The van der Waals surface area contributed by atoms with E-state index in [4.69, 9.17) is 15.2 Å². The van der Waals surface area contributed by atoms with Crippen LogP contribution >= 0.6 is 15.9 Å². The van der Waals surface area contributed by atoms with E-state index in [-0.39, 0.29) is 5.60 Å². The van der Waals surface area contributed by atoms with E-state index in [9.17, 15) is 0 Å². The van der Waals surface area contributed by atoms with E-state index in [1.54, 1.807) is 7.11 Å². The molecule has 0 aliphatic carbocycles. The van der Waals surface area contributed by atoms with Crippen molar-refractivity contribution in [2.24, 2.45) is 5.73 Å². The molecular formula is C15H24BrNO2. The van der Waals surface area contributed by atoms with Gasteiger partial charge >= 0.3 is 0 Å². The molecule has 0 atom stereocenters. The molecule has 0 bridgehead atoms. The first kappa shape index (κ1) is 16.5. The van der Waals surface area contributed by atoms with Crippen LogP contribution < -0.4 is 10.5 Å². The maximum atomic E-state index is 5.96. The molecule has 0 aliphatic rings. The third-order valence-electron chi connectivity index (χ3n) is 3.23.